The summed E-state index contributed by atoms with van der Waals surface area (Å²) in [6.07, 6.45) is 0.290. The van der Waals surface area contributed by atoms with Crippen LogP contribution in [-0.4, -0.2) is 60.6 Å². The largest absolute Gasteiger partial charge is 0.389 e. The Morgan fingerprint density at radius 1 is 1.11 bits per heavy atom. The van der Waals surface area contributed by atoms with Crippen LogP contribution in [-0.2, 0) is 32.1 Å². The molecule has 2 aromatic rings. The van der Waals surface area contributed by atoms with E-state index in [9.17, 15) is 14.0 Å². The minimum atomic E-state index is -0.330. The van der Waals surface area contributed by atoms with Crippen molar-refractivity contribution in [3.63, 3.8) is 0 Å². The molecule has 37 heavy (non-hydrogen) atoms. The summed E-state index contributed by atoms with van der Waals surface area (Å²) in [7, 11) is 0. The van der Waals surface area contributed by atoms with Gasteiger partial charge in [-0.25, -0.2) is 4.39 Å². The molecule has 3 unspecified atom stereocenters. The Labute approximate surface area is 215 Å². The lowest BCUT2D eigenvalue weighted by atomic mass is 9.98. The number of oxime groups is 1. The van der Waals surface area contributed by atoms with E-state index in [0.717, 1.165) is 16.8 Å². The molecule has 2 aliphatic rings. The molecule has 0 saturated carbocycles. The molecule has 2 aliphatic heterocycles. The quantitative estimate of drug-likeness (QED) is 0.563. The lowest BCUT2D eigenvalue weighted by Gasteiger charge is -2.31. The van der Waals surface area contributed by atoms with Crippen molar-refractivity contribution in [2.45, 2.75) is 65.4 Å². The van der Waals surface area contributed by atoms with Crippen LogP contribution in [0.4, 0.5) is 4.39 Å². The topological polar surface area (TPSA) is 111 Å². The summed E-state index contributed by atoms with van der Waals surface area (Å²) in [5.41, 5.74) is 4.74. The molecule has 1 fully saturated rings. The Bertz CT molecular complexity index is 1190. The number of rotatable bonds is 8. The molecule has 0 bridgehead atoms. The molecule has 4 rings (SSSR count). The summed E-state index contributed by atoms with van der Waals surface area (Å²) in [5.74, 6) is -0.611. The highest BCUT2D eigenvalue weighted by Gasteiger charge is 2.35. The maximum atomic E-state index is 13.6. The summed E-state index contributed by atoms with van der Waals surface area (Å²) < 4.78 is 25.3. The zero-order valence-corrected chi connectivity index (χ0v) is 21.6. The number of aryl methyl sites for hydroxylation is 2. The highest BCUT2D eigenvalue weighted by molar-refractivity contribution is 6.03. The van der Waals surface area contributed by atoms with Crippen LogP contribution in [0.25, 0.3) is 0 Å². The normalized spacial score (nSPS) is 21.2. The number of nitrogens with zero attached hydrogens (tertiary/aromatic N) is 2. The van der Waals surface area contributed by atoms with Crippen LogP contribution in [0, 0.1) is 19.7 Å². The van der Waals surface area contributed by atoms with Crippen LogP contribution in [0.15, 0.2) is 29.4 Å². The second-order valence-corrected chi connectivity index (χ2v) is 9.39. The summed E-state index contributed by atoms with van der Waals surface area (Å²) in [5, 5.41) is 9.91. The number of pyridine rings is 1. The van der Waals surface area contributed by atoms with E-state index in [1.54, 1.807) is 25.1 Å². The van der Waals surface area contributed by atoms with Crippen LogP contribution in [0.2, 0.25) is 0 Å². The molecule has 0 radical (unpaired) electrons. The molecule has 1 aromatic heterocycles. The second kappa shape index (κ2) is 11.8. The Kier molecular flexibility index (Phi) is 8.50. The van der Waals surface area contributed by atoms with Crippen molar-refractivity contribution in [1.29, 1.82) is 0 Å². The van der Waals surface area contributed by atoms with Crippen molar-refractivity contribution >= 4 is 17.5 Å². The fraction of sp³-hybridized carbons (Fsp3) is 0.481. The lowest BCUT2D eigenvalue weighted by molar-refractivity contribution is -0.170. The Morgan fingerprint density at radius 3 is 2.59 bits per heavy atom. The molecule has 3 heterocycles. The number of ether oxygens (including phenoxy) is 2. The van der Waals surface area contributed by atoms with Crippen molar-refractivity contribution in [3.05, 3.63) is 63.7 Å². The highest BCUT2D eigenvalue weighted by Crippen LogP contribution is 2.25. The molecule has 3 atom stereocenters. The van der Waals surface area contributed by atoms with E-state index >= 15 is 0 Å². The van der Waals surface area contributed by atoms with E-state index < -0.39 is 0 Å². The van der Waals surface area contributed by atoms with Gasteiger partial charge in [-0.1, -0.05) is 24.2 Å². The first-order valence-electron chi connectivity index (χ1n) is 12.5. The van der Waals surface area contributed by atoms with Crippen molar-refractivity contribution in [3.8, 4) is 0 Å². The van der Waals surface area contributed by atoms with E-state index in [1.165, 1.54) is 13.0 Å². The van der Waals surface area contributed by atoms with Gasteiger partial charge in [0.15, 0.2) is 6.10 Å². The van der Waals surface area contributed by atoms with Crippen LogP contribution >= 0.6 is 0 Å². The molecule has 9 nitrogen and oxygen atoms in total. The van der Waals surface area contributed by atoms with Gasteiger partial charge >= 0.3 is 0 Å². The van der Waals surface area contributed by atoms with Gasteiger partial charge in [-0.2, -0.15) is 0 Å². The number of nitrogens with one attached hydrogen (secondary N) is 2. The van der Waals surface area contributed by atoms with E-state index in [-0.39, 0.29) is 42.5 Å². The number of hydrogen-bond acceptors (Lipinski definition) is 7. The van der Waals surface area contributed by atoms with Crippen LogP contribution < -0.4 is 10.6 Å². The molecule has 2 N–H and O–H groups in total. The predicted molar refractivity (Wildman–Crippen MR) is 135 cm³/mol. The molecular weight excluding hydrogens is 479 g/mol. The van der Waals surface area contributed by atoms with E-state index in [0.29, 0.717) is 55.1 Å². The van der Waals surface area contributed by atoms with Gasteiger partial charge in [0.05, 0.1) is 25.0 Å². The minimum absolute atomic E-state index is 0.113. The summed E-state index contributed by atoms with van der Waals surface area (Å²) >= 11 is 0. The monoisotopic (exact) mass is 512 g/mol. The smallest absolute Gasteiger partial charge is 0.251 e. The Balaban J connectivity index is 1.40. The first-order valence-corrected chi connectivity index (χ1v) is 12.5. The standard InChI is InChI=1S/C27H33FN4O5/c1-5-20-16(3)31-23(9-21(20)27(34)30-11-18-6-7-22(28)15(2)8-18)24-10-25(37-32-24)26-14-35-19(13-36-26)12-29-17(4)33/h6-9,19,25-26H,5,10-14H2,1-4H3,(H,29,33)(H,30,34). The van der Waals surface area contributed by atoms with Gasteiger partial charge in [0, 0.05) is 37.7 Å². The lowest BCUT2D eigenvalue weighted by Crippen LogP contribution is -2.46. The summed E-state index contributed by atoms with van der Waals surface area (Å²) in [6.45, 7) is 8.37. The fourth-order valence-electron chi connectivity index (χ4n) is 4.49. The average Bonchev–Trinajstić information content (AvgIpc) is 3.38. The van der Waals surface area contributed by atoms with Crippen molar-refractivity contribution in [1.82, 2.24) is 15.6 Å². The Morgan fingerprint density at radius 2 is 1.92 bits per heavy atom. The zero-order chi connectivity index (χ0) is 26.5. The van der Waals surface area contributed by atoms with Gasteiger partial charge in [-0.15, -0.1) is 0 Å². The number of hydrogen-bond donors (Lipinski definition) is 2. The number of carbonyl (C=O) groups excluding carboxylic acids is 2. The first-order chi connectivity index (χ1) is 17.7. The number of carbonyl (C=O) groups is 2. The molecule has 10 heteroatoms. The highest BCUT2D eigenvalue weighted by atomic mass is 19.1. The maximum absolute atomic E-state index is 13.6. The zero-order valence-electron chi connectivity index (χ0n) is 21.6. The summed E-state index contributed by atoms with van der Waals surface area (Å²) in [4.78, 5) is 34.6. The summed E-state index contributed by atoms with van der Waals surface area (Å²) in [6, 6.07) is 6.55. The van der Waals surface area contributed by atoms with Gasteiger partial charge in [-0.05, 0) is 49.1 Å². The van der Waals surface area contributed by atoms with Gasteiger partial charge in [-0.3, -0.25) is 14.6 Å². The Hall–Kier alpha value is -3.37. The number of amides is 2. The predicted octanol–water partition coefficient (Wildman–Crippen LogP) is 2.74. The molecule has 1 saturated heterocycles. The van der Waals surface area contributed by atoms with E-state index in [4.69, 9.17) is 19.3 Å². The van der Waals surface area contributed by atoms with Gasteiger partial charge in [0.2, 0.25) is 5.91 Å². The third-order valence-corrected chi connectivity index (χ3v) is 6.58. The maximum Gasteiger partial charge on any atom is 0.251 e. The number of benzene rings is 1. The van der Waals surface area contributed by atoms with Crippen LogP contribution in [0.1, 0.15) is 58.7 Å². The van der Waals surface area contributed by atoms with Gasteiger partial charge < -0.3 is 24.9 Å². The molecule has 0 spiro atoms. The van der Waals surface area contributed by atoms with Crippen LogP contribution in [0.3, 0.4) is 0 Å². The molecule has 198 valence electrons. The van der Waals surface area contributed by atoms with Crippen molar-refractivity contribution in [2.75, 3.05) is 19.8 Å². The minimum Gasteiger partial charge on any atom is -0.389 e. The van der Waals surface area contributed by atoms with Crippen molar-refractivity contribution < 1.29 is 28.3 Å². The molecule has 2 amide bonds. The number of aromatic nitrogens is 1. The average molecular weight is 513 g/mol. The van der Waals surface area contributed by atoms with Gasteiger partial charge in [0.1, 0.15) is 17.6 Å². The van der Waals surface area contributed by atoms with Gasteiger partial charge in [0.25, 0.3) is 5.91 Å². The first kappa shape index (κ1) is 26.7. The van der Waals surface area contributed by atoms with Crippen LogP contribution in [0.5, 0.6) is 0 Å². The van der Waals surface area contributed by atoms with E-state index in [2.05, 4.69) is 15.8 Å². The molecule has 0 aliphatic carbocycles. The third kappa shape index (κ3) is 6.50. The number of halogens is 1. The third-order valence-electron chi connectivity index (χ3n) is 6.58. The SMILES string of the molecule is CCc1c(C(=O)NCc2ccc(F)c(C)c2)cc(C2=NOC(C3COC(CNC(C)=O)CO3)C2)nc1C. The van der Waals surface area contributed by atoms with Crippen molar-refractivity contribution in [2.24, 2.45) is 5.16 Å². The molecule has 1 aromatic carbocycles. The fourth-order valence-corrected chi connectivity index (χ4v) is 4.49. The second-order valence-electron chi connectivity index (χ2n) is 9.39. The van der Waals surface area contributed by atoms with E-state index in [1.807, 2.05) is 13.8 Å². The molecular formula is C27H33FN4O5.